The first-order chi connectivity index (χ1) is 16.8. The van der Waals surface area contributed by atoms with Crippen LogP contribution in [0.15, 0.2) is 77.7 Å². The molecule has 1 N–H and O–H groups in total. The Morgan fingerprint density at radius 3 is 2.26 bits per heavy atom. The van der Waals surface area contributed by atoms with Gasteiger partial charge in [0.1, 0.15) is 6.54 Å². The van der Waals surface area contributed by atoms with Crippen LogP contribution in [0.4, 0.5) is 5.69 Å². The van der Waals surface area contributed by atoms with Gasteiger partial charge in [-0.05, 0) is 67.4 Å². The number of carbonyl (C=O) groups excluding carboxylic acids is 1. The third-order valence-corrected chi connectivity index (χ3v) is 8.30. The van der Waals surface area contributed by atoms with Crippen molar-refractivity contribution in [1.29, 1.82) is 0 Å². The molecule has 9 heteroatoms. The first kappa shape index (κ1) is 25.5. The highest BCUT2D eigenvalue weighted by Crippen LogP contribution is 2.32. The molecule has 1 amide bonds. The fourth-order valence-corrected chi connectivity index (χ4v) is 6.17. The number of likely N-dealkylation sites (tertiary alicyclic amines) is 1. The molecule has 1 aliphatic rings. The predicted molar refractivity (Wildman–Crippen MR) is 140 cm³/mol. The molecular formula is C26H27Cl2N3O3S. The number of nitrogens with one attached hydrogen (secondary N) is 1. The molecule has 184 valence electrons. The summed E-state index contributed by atoms with van der Waals surface area (Å²) in [4.78, 5) is 15.5. The first-order valence-electron chi connectivity index (χ1n) is 11.4. The van der Waals surface area contributed by atoms with Crippen molar-refractivity contribution in [3.8, 4) is 0 Å². The molecule has 1 aliphatic heterocycles. The minimum Gasteiger partial charge on any atom is -0.350 e. The minimum atomic E-state index is -4.05. The van der Waals surface area contributed by atoms with Crippen molar-refractivity contribution in [2.45, 2.75) is 30.8 Å². The van der Waals surface area contributed by atoms with E-state index in [1.807, 2.05) is 18.2 Å². The lowest BCUT2D eigenvalue weighted by atomic mass is 10.1. The third kappa shape index (κ3) is 6.35. The molecular weight excluding hydrogens is 505 g/mol. The number of nitrogens with zero attached hydrogens (tertiary/aromatic N) is 2. The lowest BCUT2D eigenvalue weighted by molar-refractivity contribution is -0.119. The number of hydrogen-bond donors (Lipinski definition) is 1. The Morgan fingerprint density at radius 2 is 1.57 bits per heavy atom. The molecule has 0 bridgehead atoms. The zero-order valence-electron chi connectivity index (χ0n) is 19.2. The van der Waals surface area contributed by atoms with Gasteiger partial charge in [0.15, 0.2) is 0 Å². The van der Waals surface area contributed by atoms with Crippen LogP contribution in [0.3, 0.4) is 0 Å². The van der Waals surface area contributed by atoms with Crippen molar-refractivity contribution in [2.75, 3.05) is 23.9 Å². The van der Waals surface area contributed by atoms with Gasteiger partial charge in [0.25, 0.3) is 10.0 Å². The van der Waals surface area contributed by atoms with E-state index in [-0.39, 0.29) is 15.6 Å². The molecule has 35 heavy (non-hydrogen) atoms. The monoisotopic (exact) mass is 531 g/mol. The van der Waals surface area contributed by atoms with E-state index in [1.54, 1.807) is 24.3 Å². The van der Waals surface area contributed by atoms with Crippen LogP contribution in [0.1, 0.15) is 24.0 Å². The smallest absolute Gasteiger partial charge is 0.264 e. The second-order valence-corrected chi connectivity index (χ2v) is 11.2. The summed E-state index contributed by atoms with van der Waals surface area (Å²) in [6, 6.07) is 20.5. The summed E-state index contributed by atoms with van der Waals surface area (Å²) in [5.41, 5.74) is 2.35. The van der Waals surface area contributed by atoms with Crippen molar-refractivity contribution >= 4 is 44.8 Å². The quantitative estimate of drug-likeness (QED) is 0.417. The van der Waals surface area contributed by atoms with E-state index < -0.39 is 22.5 Å². The van der Waals surface area contributed by atoms with E-state index in [4.69, 9.17) is 23.2 Å². The number of carbonyl (C=O) groups is 1. The highest BCUT2D eigenvalue weighted by atomic mass is 35.5. The SMILES string of the molecule is O=C(CN(c1ccc(Cl)cc1Cl)S(=O)(=O)c1ccccc1)NCc1ccccc1CN1CCCC1. The van der Waals surface area contributed by atoms with Gasteiger partial charge in [0.2, 0.25) is 5.91 Å². The van der Waals surface area contributed by atoms with E-state index >= 15 is 0 Å². The van der Waals surface area contributed by atoms with Gasteiger partial charge in [0, 0.05) is 18.1 Å². The van der Waals surface area contributed by atoms with Gasteiger partial charge >= 0.3 is 0 Å². The summed E-state index contributed by atoms with van der Waals surface area (Å²) in [7, 11) is -4.05. The second kappa shape index (κ2) is 11.4. The Hall–Kier alpha value is -2.58. The Morgan fingerprint density at radius 1 is 0.914 bits per heavy atom. The maximum Gasteiger partial charge on any atom is 0.264 e. The van der Waals surface area contributed by atoms with Gasteiger partial charge in [0.05, 0.1) is 15.6 Å². The van der Waals surface area contributed by atoms with E-state index in [0.717, 1.165) is 35.1 Å². The van der Waals surface area contributed by atoms with E-state index in [9.17, 15) is 13.2 Å². The molecule has 0 spiro atoms. The number of amides is 1. The first-order valence-corrected chi connectivity index (χ1v) is 13.6. The lowest BCUT2D eigenvalue weighted by Gasteiger charge is -2.25. The predicted octanol–water partition coefficient (Wildman–Crippen LogP) is 5.10. The normalized spacial score (nSPS) is 14.1. The fourth-order valence-electron chi connectivity index (χ4n) is 4.15. The Kier molecular flexibility index (Phi) is 8.34. The maximum absolute atomic E-state index is 13.5. The summed E-state index contributed by atoms with van der Waals surface area (Å²) >= 11 is 12.4. The van der Waals surface area contributed by atoms with Gasteiger partial charge < -0.3 is 5.32 Å². The average Bonchev–Trinajstić information content (AvgIpc) is 3.36. The number of sulfonamides is 1. The molecule has 1 saturated heterocycles. The molecule has 4 rings (SSSR count). The molecule has 0 atom stereocenters. The summed E-state index contributed by atoms with van der Waals surface area (Å²) in [5.74, 6) is -0.438. The molecule has 0 unspecified atom stereocenters. The van der Waals surface area contributed by atoms with Crippen LogP contribution in [0.2, 0.25) is 10.0 Å². The molecule has 0 radical (unpaired) electrons. The third-order valence-electron chi connectivity index (χ3n) is 5.98. The highest BCUT2D eigenvalue weighted by Gasteiger charge is 2.28. The van der Waals surface area contributed by atoms with Crippen LogP contribution in [-0.4, -0.2) is 38.9 Å². The van der Waals surface area contributed by atoms with Crippen molar-refractivity contribution in [1.82, 2.24) is 10.2 Å². The molecule has 0 aromatic heterocycles. The van der Waals surface area contributed by atoms with Crippen molar-refractivity contribution < 1.29 is 13.2 Å². The number of benzene rings is 3. The molecule has 3 aromatic rings. The summed E-state index contributed by atoms with van der Waals surface area (Å²) in [6.07, 6.45) is 2.41. The van der Waals surface area contributed by atoms with E-state index in [2.05, 4.69) is 16.3 Å². The van der Waals surface area contributed by atoms with Crippen molar-refractivity contribution in [2.24, 2.45) is 0 Å². The number of hydrogen-bond acceptors (Lipinski definition) is 4. The van der Waals surface area contributed by atoms with Gasteiger partial charge in [-0.1, -0.05) is 65.7 Å². The Balaban J connectivity index is 1.53. The summed E-state index contributed by atoms with van der Waals surface area (Å²) in [5, 5.41) is 3.40. The molecule has 0 aliphatic carbocycles. The molecule has 0 saturated carbocycles. The summed E-state index contributed by atoms with van der Waals surface area (Å²) in [6.45, 7) is 2.87. The van der Waals surface area contributed by atoms with Crippen molar-refractivity contribution in [3.05, 3.63) is 94.0 Å². The van der Waals surface area contributed by atoms with Crippen LogP contribution in [0, 0.1) is 0 Å². The molecule has 6 nitrogen and oxygen atoms in total. The highest BCUT2D eigenvalue weighted by molar-refractivity contribution is 7.92. The summed E-state index contributed by atoms with van der Waals surface area (Å²) < 4.78 is 28.0. The van der Waals surface area contributed by atoms with Crippen LogP contribution in [-0.2, 0) is 27.9 Å². The van der Waals surface area contributed by atoms with Crippen molar-refractivity contribution in [3.63, 3.8) is 0 Å². The van der Waals surface area contributed by atoms with Crippen LogP contribution < -0.4 is 9.62 Å². The fraction of sp³-hybridized carbons (Fsp3) is 0.269. The maximum atomic E-state index is 13.5. The zero-order chi connectivity index (χ0) is 24.8. The molecule has 3 aromatic carbocycles. The average molecular weight is 532 g/mol. The van der Waals surface area contributed by atoms with Gasteiger partial charge in [-0.15, -0.1) is 0 Å². The number of anilines is 1. The minimum absolute atomic E-state index is 0.0646. The molecule has 1 fully saturated rings. The molecule has 1 heterocycles. The van der Waals surface area contributed by atoms with Crippen LogP contribution in [0.5, 0.6) is 0 Å². The number of rotatable bonds is 9. The van der Waals surface area contributed by atoms with Crippen LogP contribution >= 0.6 is 23.2 Å². The van der Waals surface area contributed by atoms with Crippen LogP contribution in [0.25, 0.3) is 0 Å². The number of halogens is 2. The largest absolute Gasteiger partial charge is 0.350 e. The van der Waals surface area contributed by atoms with Gasteiger partial charge in [-0.2, -0.15) is 0 Å². The van der Waals surface area contributed by atoms with Gasteiger partial charge in [-0.25, -0.2) is 8.42 Å². The Bertz CT molecular complexity index is 1280. The topological polar surface area (TPSA) is 69.7 Å². The standard InChI is InChI=1S/C26H27Cl2N3O3S/c27-22-12-13-25(24(28)16-22)31(35(33,34)23-10-2-1-3-11-23)19-26(32)29-17-20-8-4-5-9-21(20)18-30-14-6-7-15-30/h1-5,8-13,16H,6-7,14-15,17-19H2,(H,29,32). The lowest BCUT2D eigenvalue weighted by Crippen LogP contribution is -2.41. The van der Waals surface area contributed by atoms with E-state index in [1.165, 1.54) is 37.1 Å². The zero-order valence-corrected chi connectivity index (χ0v) is 21.5. The second-order valence-electron chi connectivity index (χ2n) is 8.45. The Labute approximate surface area is 216 Å². The van der Waals surface area contributed by atoms with Gasteiger partial charge in [-0.3, -0.25) is 14.0 Å². The van der Waals surface area contributed by atoms with E-state index in [0.29, 0.717) is 11.6 Å².